The molecule has 0 fully saturated rings. The fourth-order valence-electron chi connectivity index (χ4n) is 1.71. The summed E-state index contributed by atoms with van der Waals surface area (Å²) in [5.74, 6) is 0.00625. The molecule has 0 heterocycles. The van der Waals surface area contributed by atoms with Crippen molar-refractivity contribution in [2.75, 3.05) is 0 Å². The van der Waals surface area contributed by atoms with Crippen LogP contribution in [0.3, 0.4) is 0 Å². The molecule has 0 saturated heterocycles. The molecule has 17 heavy (non-hydrogen) atoms. The van der Waals surface area contributed by atoms with E-state index in [4.69, 9.17) is 10.5 Å². The van der Waals surface area contributed by atoms with E-state index in [9.17, 15) is 5.11 Å². The molecule has 3 heteroatoms. The Balaban J connectivity index is 2.79. The van der Waals surface area contributed by atoms with Crippen LogP contribution in [0, 0.1) is 22.7 Å². The van der Waals surface area contributed by atoms with Crippen molar-refractivity contribution in [3.8, 4) is 29.0 Å². The van der Waals surface area contributed by atoms with Crippen LogP contribution in [0.2, 0.25) is 0 Å². The number of nitriles is 2. The summed E-state index contributed by atoms with van der Waals surface area (Å²) in [5.41, 5.74) is 1.77. The predicted molar refractivity (Wildman–Crippen MR) is 63.0 cm³/mol. The van der Waals surface area contributed by atoms with Crippen molar-refractivity contribution >= 4 is 0 Å². The number of nitrogens with zero attached hydrogens (tertiary/aromatic N) is 2. The molecule has 0 amide bonds. The second-order valence-electron chi connectivity index (χ2n) is 3.47. The van der Waals surface area contributed by atoms with Gasteiger partial charge in [-0.2, -0.15) is 10.5 Å². The summed E-state index contributed by atoms with van der Waals surface area (Å²) in [6, 6.07) is 15.7. The summed E-state index contributed by atoms with van der Waals surface area (Å²) in [7, 11) is 0. The van der Waals surface area contributed by atoms with Crippen LogP contribution in [0.1, 0.15) is 11.1 Å². The van der Waals surface area contributed by atoms with E-state index >= 15 is 0 Å². The van der Waals surface area contributed by atoms with E-state index < -0.39 is 0 Å². The molecule has 0 aliphatic carbocycles. The van der Waals surface area contributed by atoms with E-state index in [2.05, 4.69) is 6.07 Å². The van der Waals surface area contributed by atoms with E-state index in [1.165, 1.54) is 6.07 Å². The molecule has 0 bridgehead atoms. The van der Waals surface area contributed by atoms with Crippen LogP contribution in [0.25, 0.3) is 11.1 Å². The lowest BCUT2D eigenvalue weighted by atomic mass is 9.95. The molecule has 3 nitrogen and oxygen atoms in total. The SMILES string of the molecule is N#Cc1ccccc1-c1c(O)cccc1C#N. The monoisotopic (exact) mass is 220 g/mol. The van der Waals surface area contributed by atoms with Gasteiger partial charge in [-0.3, -0.25) is 0 Å². The van der Waals surface area contributed by atoms with E-state index in [1.54, 1.807) is 36.4 Å². The van der Waals surface area contributed by atoms with Gasteiger partial charge in [-0.15, -0.1) is 0 Å². The predicted octanol–water partition coefficient (Wildman–Crippen LogP) is 2.80. The maximum atomic E-state index is 9.84. The molecule has 0 aliphatic heterocycles. The van der Waals surface area contributed by atoms with Gasteiger partial charge in [0, 0.05) is 11.1 Å². The first-order valence-corrected chi connectivity index (χ1v) is 4.99. The summed E-state index contributed by atoms with van der Waals surface area (Å²) < 4.78 is 0. The molecular weight excluding hydrogens is 212 g/mol. The fraction of sp³-hybridized carbons (Fsp3) is 0. The highest BCUT2D eigenvalue weighted by atomic mass is 16.3. The van der Waals surface area contributed by atoms with E-state index in [0.717, 1.165) is 0 Å². The van der Waals surface area contributed by atoms with E-state index in [1.807, 2.05) is 6.07 Å². The van der Waals surface area contributed by atoms with Crippen LogP contribution in [0.15, 0.2) is 42.5 Å². The Morgan fingerprint density at radius 1 is 0.824 bits per heavy atom. The lowest BCUT2D eigenvalue weighted by Gasteiger charge is -2.08. The third-order valence-corrected chi connectivity index (χ3v) is 2.48. The normalized spacial score (nSPS) is 9.29. The fourth-order valence-corrected chi connectivity index (χ4v) is 1.71. The topological polar surface area (TPSA) is 67.8 Å². The highest BCUT2D eigenvalue weighted by Gasteiger charge is 2.13. The first-order valence-electron chi connectivity index (χ1n) is 4.99. The zero-order valence-corrected chi connectivity index (χ0v) is 8.88. The first kappa shape index (κ1) is 10.7. The Morgan fingerprint density at radius 2 is 1.47 bits per heavy atom. The highest BCUT2D eigenvalue weighted by Crippen LogP contribution is 2.34. The highest BCUT2D eigenvalue weighted by molar-refractivity contribution is 5.80. The summed E-state index contributed by atoms with van der Waals surface area (Å²) >= 11 is 0. The van der Waals surface area contributed by atoms with Gasteiger partial charge in [0.2, 0.25) is 0 Å². The summed E-state index contributed by atoms with van der Waals surface area (Å²) in [6.07, 6.45) is 0. The van der Waals surface area contributed by atoms with E-state index in [-0.39, 0.29) is 5.75 Å². The van der Waals surface area contributed by atoms with Gasteiger partial charge in [0.05, 0.1) is 23.3 Å². The van der Waals surface area contributed by atoms with Crippen molar-refractivity contribution < 1.29 is 5.11 Å². The van der Waals surface area contributed by atoms with Gasteiger partial charge in [0.25, 0.3) is 0 Å². The van der Waals surface area contributed by atoms with Gasteiger partial charge in [-0.05, 0) is 18.2 Å². The Bertz CT molecular complexity index is 648. The van der Waals surface area contributed by atoms with Crippen molar-refractivity contribution in [1.82, 2.24) is 0 Å². The third-order valence-electron chi connectivity index (χ3n) is 2.48. The molecule has 0 saturated carbocycles. The van der Waals surface area contributed by atoms with Gasteiger partial charge in [0.1, 0.15) is 5.75 Å². The number of benzene rings is 2. The van der Waals surface area contributed by atoms with Gasteiger partial charge in [0.15, 0.2) is 0 Å². The molecule has 80 valence electrons. The summed E-state index contributed by atoms with van der Waals surface area (Å²) in [4.78, 5) is 0. The number of hydrogen-bond acceptors (Lipinski definition) is 3. The maximum Gasteiger partial charge on any atom is 0.124 e. The third kappa shape index (κ3) is 1.82. The molecule has 0 aliphatic rings. The summed E-state index contributed by atoms with van der Waals surface area (Å²) in [5, 5.41) is 27.9. The molecule has 0 atom stereocenters. The van der Waals surface area contributed by atoms with Crippen LogP contribution < -0.4 is 0 Å². The van der Waals surface area contributed by atoms with Crippen molar-refractivity contribution in [2.45, 2.75) is 0 Å². The van der Waals surface area contributed by atoms with Crippen molar-refractivity contribution in [3.63, 3.8) is 0 Å². The minimum atomic E-state index is 0.00625. The molecule has 0 radical (unpaired) electrons. The first-order chi connectivity index (χ1) is 8.27. The Labute approximate surface area is 98.8 Å². The molecule has 2 rings (SSSR count). The van der Waals surface area contributed by atoms with Crippen molar-refractivity contribution in [2.24, 2.45) is 0 Å². The molecule has 2 aromatic carbocycles. The number of rotatable bonds is 1. The van der Waals surface area contributed by atoms with Crippen molar-refractivity contribution in [3.05, 3.63) is 53.6 Å². The van der Waals surface area contributed by atoms with E-state index in [0.29, 0.717) is 22.3 Å². The Hall–Kier alpha value is -2.78. The second kappa shape index (κ2) is 4.38. The maximum absolute atomic E-state index is 9.84. The average molecular weight is 220 g/mol. The van der Waals surface area contributed by atoms with Gasteiger partial charge in [-0.25, -0.2) is 0 Å². The van der Waals surface area contributed by atoms with Gasteiger partial charge < -0.3 is 5.11 Å². The number of hydrogen-bond donors (Lipinski definition) is 1. The van der Waals surface area contributed by atoms with Crippen LogP contribution in [-0.2, 0) is 0 Å². The zero-order valence-electron chi connectivity index (χ0n) is 8.88. The van der Waals surface area contributed by atoms with Crippen molar-refractivity contribution in [1.29, 1.82) is 10.5 Å². The lowest BCUT2D eigenvalue weighted by Crippen LogP contribution is -1.88. The number of aromatic hydroxyl groups is 1. The molecular formula is C14H8N2O. The second-order valence-corrected chi connectivity index (χ2v) is 3.47. The molecule has 0 spiro atoms. The quantitative estimate of drug-likeness (QED) is 0.803. The number of phenolic OH excluding ortho intramolecular Hbond substituents is 1. The largest absolute Gasteiger partial charge is 0.507 e. The molecule has 0 unspecified atom stereocenters. The zero-order chi connectivity index (χ0) is 12.3. The minimum absolute atomic E-state index is 0.00625. The minimum Gasteiger partial charge on any atom is -0.507 e. The Kier molecular flexibility index (Phi) is 2.77. The molecule has 1 N–H and O–H groups in total. The standard InChI is InChI=1S/C14H8N2O/c15-8-10-4-1-2-6-12(10)14-11(9-16)5-3-7-13(14)17/h1-7,17H. The average Bonchev–Trinajstić information content (AvgIpc) is 2.38. The van der Waals surface area contributed by atoms with Crippen LogP contribution in [-0.4, -0.2) is 5.11 Å². The van der Waals surface area contributed by atoms with Crippen LogP contribution in [0.5, 0.6) is 5.75 Å². The van der Waals surface area contributed by atoms with Gasteiger partial charge >= 0.3 is 0 Å². The van der Waals surface area contributed by atoms with Crippen LogP contribution >= 0.6 is 0 Å². The summed E-state index contributed by atoms with van der Waals surface area (Å²) in [6.45, 7) is 0. The Morgan fingerprint density at radius 3 is 2.18 bits per heavy atom. The van der Waals surface area contributed by atoms with Gasteiger partial charge in [-0.1, -0.05) is 24.3 Å². The molecule has 0 aromatic heterocycles. The molecule has 2 aromatic rings. The number of phenols is 1. The smallest absolute Gasteiger partial charge is 0.124 e. The lowest BCUT2D eigenvalue weighted by molar-refractivity contribution is 0.477. The van der Waals surface area contributed by atoms with Crippen LogP contribution in [0.4, 0.5) is 0 Å².